The molecule has 0 aliphatic carbocycles. The van der Waals surface area contributed by atoms with E-state index < -0.39 is 6.09 Å². The van der Waals surface area contributed by atoms with Gasteiger partial charge in [-0.1, -0.05) is 39.0 Å². The third-order valence-electron chi connectivity index (χ3n) is 4.84. The number of rotatable bonds is 6. The van der Waals surface area contributed by atoms with Crippen LogP contribution in [0.25, 0.3) is 10.4 Å². The Balaban J connectivity index is 1.79. The van der Waals surface area contributed by atoms with Crippen molar-refractivity contribution in [2.75, 3.05) is 13.1 Å². The van der Waals surface area contributed by atoms with Gasteiger partial charge < -0.3 is 10.5 Å². The van der Waals surface area contributed by atoms with Crippen LogP contribution >= 0.6 is 11.3 Å². The van der Waals surface area contributed by atoms with E-state index in [1.807, 2.05) is 23.5 Å². The van der Waals surface area contributed by atoms with Crippen LogP contribution < -0.4 is 5.73 Å². The zero-order valence-electron chi connectivity index (χ0n) is 16.5. The molecule has 0 bridgehead atoms. The molecule has 146 valence electrons. The van der Waals surface area contributed by atoms with Crippen molar-refractivity contribution in [1.29, 1.82) is 0 Å². The number of benzene rings is 1. The van der Waals surface area contributed by atoms with Gasteiger partial charge in [0.25, 0.3) is 0 Å². The summed E-state index contributed by atoms with van der Waals surface area (Å²) in [6.07, 6.45) is 2.31. The average Bonchev–Trinajstić information content (AvgIpc) is 3.25. The zero-order chi connectivity index (χ0) is 19.4. The number of thiophene rings is 1. The highest BCUT2D eigenvalue weighted by molar-refractivity contribution is 7.15. The van der Waals surface area contributed by atoms with Crippen LogP contribution in [0.3, 0.4) is 0 Å². The van der Waals surface area contributed by atoms with Crippen LogP contribution in [0.5, 0.6) is 0 Å². The summed E-state index contributed by atoms with van der Waals surface area (Å²) in [5.74, 6) is 0. The average molecular weight is 387 g/mol. The number of hydrogen-bond acceptors (Lipinski definition) is 4. The van der Waals surface area contributed by atoms with E-state index in [1.165, 1.54) is 35.7 Å². The molecule has 1 aliphatic rings. The highest BCUT2D eigenvalue weighted by Crippen LogP contribution is 2.35. The summed E-state index contributed by atoms with van der Waals surface area (Å²) in [4.78, 5) is 16.6. The Bertz CT molecular complexity index is 773. The second-order valence-corrected chi connectivity index (χ2v) is 9.73. The fourth-order valence-corrected chi connectivity index (χ4v) is 4.64. The summed E-state index contributed by atoms with van der Waals surface area (Å²) < 4.78 is 5.43. The van der Waals surface area contributed by atoms with Crippen LogP contribution in [-0.2, 0) is 11.3 Å². The molecular weight excluding hydrogens is 356 g/mol. The number of hydrogen-bond donors (Lipinski definition) is 1. The summed E-state index contributed by atoms with van der Waals surface area (Å²) in [5, 5.41) is 0. The predicted molar refractivity (Wildman–Crippen MR) is 112 cm³/mol. The van der Waals surface area contributed by atoms with Crippen LogP contribution in [0.1, 0.15) is 56.6 Å². The number of ether oxygens (including phenoxy) is 1. The molecule has 0 unspecified atom stereocenters. The molecule has 2 heterocycles. The fourth-order valence-electron chi connectivity index (χ4n) is 3.60. The maximum atomic E-state index is 11.4. The van der Waals surface area contributed by atoms with Gasteiger partial charge in [0.15, 0.2) is 0 Å². The van der Waals surface area contributed by atoms with Crippen molar-refractivity contribution in [2.24, 2.45) is 11.1 Å². The van der Waals surface area contributed by atoms with Gasteiger partial charge in [0.2, 0.25) is 0 Å². The first kappa shape index (κ1) is 19.9. The smallest absolute Gasteiger partial charge is 0.405 e. The molecule has 27 heavy (non-hydrogen) atoms. The molecule has 0 spiro atoms. The molecule has 1 aliphatic heterocycles. The first-order chi connectivity index (χ1) is 12.8. The standard InChI is InChI=1S/C22H30N2O2S/c1-22(2,3)14-19(26-21(23)25)16-7-6-8-17(13-16)20-10-9-18(27-20)15-24-11-4-5-12-24/h6-10,13,19H,4-5,11-12,14-15H2,1-3H3,(H2,23,25)/t19-/m1/s1. The summed E-state index contributed by atoms with van der Waals surface area (Å²) in [6.45, 7) is 9.87. The molecule has 3 rings (SSSR count). The van der Waals surface area contributed by atoms with Crippen molar-refractivity contribution >= 4 is 17.4 Å². The molecular formula is C22H30N2O2S. The second-order valence-electron chi connectivity index (χ2n) is 8.56. The van der Waals surface area contributed by atoms with Gasteiger partial charge in [-0.15, -0.1) is 11.3 Å². The summed E-state index contributed by atoms with van der Waals surface area (Å²) >= 11 is 1.85. The Kier molecular flexibility index (Phi) is 6.22. The lowest BCUT2D eigenvalue weighted by Crippen LogP contribution is -2.21. The molecule has 1 aromatic heterocycles. The van der Waals surface area contributed by atoms with Crippen molar-refractivity contribution in [1.82, 2.24) is 4.90 Å². The van der Waals surface area contributed by atoms with Crippen molar-refractivity contribution in [3.8, 4) is 10.4 Å². The van der Waals surface area contributed by atoms with Gasteiger partial charge in [0.05, 0.1) is 0 Å². The molecule has 1 fully saturated rings. The summed E-state index contributed by atoms with van der Waals surface area (Å²) in [5.41, 5.74) is 7.51. The molecule has 1 saturated heterocycles. The number of amides is 1. The molecule has 0 saturated carbocycles. The van der Waals surface area contributed by atoms with Crippen molar-refractivity contribution in [3.05, 3.63) is 46.8 Å². The number of nitrogens with two attached hydrogens (primary N) is 1. The highest BCUT2D eigenvalue weighted by atomic mass is 32.1. The topological polar surface area (TPSA) is 55.6 Å². The maximum Gasteiger partial charge on any atom is 0.405 e. The van der Waals surface area contributed by atoms with E-state index in [2.05, 4.69) is 49.9 Å². The normalized spacial score (nSPS) is 16.4. The summed E-state index contributed by atoms with van der Waals surface area (Å²) in [7, 11) is 0. The monoisotopic (exact) mass is 386 g/mol. The molecule has 4 nitrogen and oxygen atoms in total. The van der Waals surface area contributed by atoms with E-state index >= 15 is 0 Å². The van der Waals surface area contributed by atoms with Crippen LogP contribution in [-0.4, -0.2) is 24.1 Å². The van der Waals surface area contributed by atoms with Gasteiger partial charge in [-0.3, -0.25) is 4.90 Å². The fraction of sp³-hybridized carbons (Fsp3) is 0.500. The Labute approximate surface area is 166 Å². The van der Waals surface area contributed by atoms with Crippen LogP contribution in [0.15, 0.2) is 36.4 Å². The minimum absolute atomic E-state index is 0.0297. The number of nitrogens with zero attached hydrogens (tertiary/aromatic N) is 1. The van der Waals surface area contributed by atoms with Gasteiger partial charge in [-0.25, -0.2) is 4.79 Å². The van der Waals surface area contributed by atoms with Crippen molar-refractivity contribution in [3.63, 3.8) is 0 Å². The van der Waals surface area contributed by atoms with E-state index in [-0.39, 0.29) is 11.5 Å². The van der Waals surface area contributed by atoms with Gasteiger partial charge in [0, 0.05) is 16.3 Å². The molecule has 1 atom stereocenters. The third kappa shape index (κ3) is 5.81. The van der Waals surface area contributed by atoms with Crippen molar-refractivity contribution < 1.29 is 9.53 Å². The van der Waals surface area contributed by atoms with Gasteiger partial charge in [-0.05, 0) is 67.1 Å². The first-order valence-electron chi connectivity index (χ1n) is 9.68. The van der Waals surface area contributed by atoms with E-state index in [0.29, 0.717) is 0 Å². The molecule has 0 radical (unpaired) electrons. The van der Waals surface area contributed by atoms with Gasteiger partial charge in [0.1, 0.15) is 6.10 Å². The molecule has 2 N–H and O–H groups in total. The lowest BCUT2D eigenvalue weighted by Gasteiger charge is -2.26. The number of primary amides is 1. The van der Waals surface area contributed by atoms with E-state index in [4.69, 9.17) is 10.5 Å². The third-order valence-corrected chi connectivity index (χ3v) is 5.96. The number of carbonyl (C=O) groups excluding carboxylic acids is 1. The maximum absolute atomic E-state index is 11.4. The highest BCUT2D eigenvalue weighted by Gasteiger charge is 2.23. The molecule has 5 heteroatoms. The quantitative estimate of drug-likeness (QED) is 0.705. The predicted octanol–water partition coefficient (Wildman–Crippen LogP) is 5.58. The molecule has 2 aromatic rings. The lowest BCUT2D eigenvalue weighted by atomic mass is 9.86. The number of likely N-dealkylation sites (tertiary alicyclic amines) is 1. The van der Waals surface area contributed by atoms with E-state index in [9.17, 15) is 4.79 Å². The van der Waals surface area contributed by atoms with Gasteiger partial charge in [-0.2, -0.15) is 0 Å². The molecule has 1 amide bonds. The SMILES string of the molecule is CC(C)(C)C[C@@H](OC(N)=O)c1cccc(-c2ccc(CN3CCCC3)s2)c1. The van der Waals surface area contributed by atoms with Crippen molar-refractivity contribution in [2.45, 2.75) is 52.7 Å². The largest absolute Gasteiger partial charge is 0.441 e. The lowest BCUT2D eigenvalue weighted by molar-refractivity contribution is 0.0789. The minimum atomic E-state index is -0.723. The summed E-state index contributed by atoms with van der Waals surface area (Å²) in [6, 6.07) is 12.7. The minimum Gasteiger partial charge on any atom is -0.441 e. The Morgan fingerprint density at radius 3 is 2.63 bits per heavy atom. The van der Waals surface area contributed by atoms with Gasteiger partial charge >= 0.3 is 6.09 Å². The Morgan fingerprint density at radius 1 is 1.22 bits per heavy atom. The second kappa shape index (κ2) is 8.44. The molecule has 1 aromatic carbocycles. The van der Waals surface area contributed by atoms with Crippen LogP contribution in [0, 0.1) is 5.41 Å². The Hall–Kier alpha value is -1.85. The first-order valence-corrected chi connectivity index (χ1v) is 10.5. The van der Waals surface area contributed by atoms with Crippen LogP contribution in [0.4, 0.5) is 4.79 Å². The zero-order valence-corrected chi connectivity index (χ0v) is 17.3. The number of carbonyl (C=O) groups is 1. The van der Waals surface area contributed by atoms with E-state index in [0.717, 1.165) is 24.1 Å². The van der Waals surface area contributed by atoms with Crippen LogP contribution in [0.2, 0.25) is 0 Å². The van der Waals surface area contributed by atoms with E-state index in [1.54, 1.807) is 0 Å². The Morgan fingerprint density at radius 2 is 1.96 bits per heavy atom.